The molecule has 0 unspecified atom stereocenters. The van der Waals surface area contributed by atoms with Crippen LogP contribution in [0.3, 0.4) is 0 Å². The van der Waals surface area contributed by atoms with Crippen molar-refractivity contribution in [1.29, 1.82) is 0 Å². The van der Waals surface area contributed by atoms with E-state index in [4.69, 9.17) is 18.6 Å². The molecule has 7 nitrogen and oxygen atoms in total. The lowest BCUT2D eigenvalue weighted by molar-refractivity contribution is -0.132. The number of fused-ring (bicyclic) bond motifs is 1. The molecule has 7 heteroatoms. The van der Waals surface area contributed by atoms with Gasteiger partial charge in [-0.25, -0.2) is 9.59 Å². The third kappa shape index (κ3) is 4.63. The van der Waals surface area contributed by atoms with Crippen molar-refractivity contribution in [3.8, 4) is 17.2 Å². The fourth-order valence-corrected chi connectivity index (χ4v) is 2.64. The van der Waals surface area contributed by atoms with E-state index in [1.54, 1.807) is 42.5 Å². The van der Waals surface area contributed by atoms with E-state index in [1.807, 2.05) is 20.8 Å². The Labute approximate surface area is 166 Å². The van der Waals surface area contributed by atoms with E-state index in [1.165, 1.54) is 6.07 Å². The van der Waals surface area contributed by atoms with Gasteiger partial charge in [-0.15, -0.1) is 0 Å². The molecule has 0 atom stereocenters. The van der Waals surface area contributed by atoms with Crippen LogP contribution in [0.1, 0.15) is 38.1 Å². The molecule has 2 aromatic carbocycles. The Morgan fingerprint density at radius 1 is 0.897 bits per heavy atom. The molecule has 0 amide bonds. The topological polar surface area (TPSA) is 92.0 Å². The second kappa shape index (κ2) is 7.79. The average Bonchev–Trinajstić information content (AvgIpc) is 2.63. The largest absolute Gasteiger partial charge is 0.487 e. The maximum Gasteiger partial charge on any atom is 0.383 e. The molecule has 1 heterocycles. The zero-order valence-corrected chi connectivity index (χ0v) is 16.5. The Morgan fingerprint density at radius 3 is 2.21 bits per heavy atom. The molecule has 0 bridgehead atoms. The summed E-state index contributed by atoms with van der Waals surface area (Å²) in [5.74, 6) is -1.93. The summed E-state index contributed by atoms with van der Waals surface area (Å²) in [6.07, 6.45) is 0. The van der Waals surface area contributed by atoms with Crippen LogP contribution in [0, 0.1) is 0 Å². The van der Waals surface area contributed by atoms with Crippen molar-refractivity contribution < 1.29 is 28.2 Å². The third-order valence-corrected chi connectivity index (χ3v) is 3.68. The van der Waals surface area contributed by atoms with Crippen molar-refractivity contribution in [3.63, 3.8) is 0 Å². The van der Waals surface area contributed by atoms with Gasteiger partial charge >= 0.3 is 17.6 Å². The molecule has 0 fully saturated rings. The molecule has 150 valence electrons. The lowest BCUT2D eigenvalue weighted by Gasteiger charge is -2.23. The molecule has 0 aliphatic carbocycles. The molecule has 1 aromatic heterocycles. The van der Waals surface area contributed by atoms with Crippen LogP contribution in [0.5, 0.6) is 17.2 Å². The van der Waals surface area contributed by atoms with E-state index in [0.717, 1.165) is 6.92 Å². The summed E-state index contributed by atoms with van der Waals surface area (Å²) in [7, 11) is 0. The molecule has 0 saturated heterocycles. The first-order chi connectivity index (χ1) is 13.7. The summed E-state index contributed by atoms with van der Waals surface area (Å²) in [6.45, 7) is 6.65. The SMILES string of the molecule is CC(=O)Oc1c(OC(=O)c2ccccc2)c2c(OC(C)(C)C)cccc2oc1=O. The molecule has 29 heavy (non-hydrogen) atoms. The van der Waals surface area contributed by atoms with Gasteiger partial charge in [0.2, 0.25) is 0 Å². The predicted octanol–water partition coefficient (Wildman–Crippen LogP) is 4.11. The molecule has 3 rings (SSSR count). The highest BCUT2D eigenvalue weighted by Gasteiger charge is 2.26. The average molecular weight is 396 g/mol. The van der Waals surface area contributed by atoms with Gasteiger partial charge < -0.3 is 18.6 Å². The fourth-order valence-electron chi connectivity index (χ4n) is 2.64. The first-order valence-corrected chi connectivity index (χ1v) is 8.90. The van der Waals surface area contributed by atoms with Gasteiger partial charge in [0.05, 0.1) is 5.56 Å². The smallest absolute Gasteiger partial charge is 0.383 e. The molecular weight excluding hydrogens is 376 g/mol. The van der Waals surface area contributed by atoms with Crippen LogP contribution in [0.4, 0.5) is 0 Å². The predicted molar refractivity (Wildman–Crippen MR) is 106 cm³/mol. The maximum absolute atomic E-state index is 12.7. The minimum Gasteiger partial charge on any atom is -0.487 e. The molecule has 0 N–H and O–H groups in total. The van der Waals surface area contributed by atoms with E-state index in [9.17, 15) is 14.4 Å². The number of hydrogen-bond acceptors (Lipinski definition) is 7. The first-order valence-electron chi connectivity index (χ1n) is 8.90. The molecule has 3 aromatic rings. The minimum absolute atomic E-state index is 0.128. The number of benzene rings is 2. The Morgan fingerprint density at radius 2 is 1.59 bits per heavy atom. The van der Waals surface area contributed by atoms with Gasteiger partial charge in [0, 0.05) is 6.92 Å². The van der Waals surface area contributed by atoms with E-state index in [-0.39, 0.29) is 22.3 Å². The van der Waals surface area contributed by atoms with Gasteiger partial charge in [-0.05, 0) is 45.0 Å². The van der Waals surface area contributed by atoms with Crippen molar-refractivity contribution in [1.82, 2.24) is 0 Å². The van der Waals surface area contributed by atoms with Crippen LogP contribution in [-0.4, -0.2) is 17.5 Å². The van der Waals surface area contributed by atoms with E-state index < -0.39 is 28.9 Å². The van der Waals surface area contributed by atoms with Gasteiger partial charge in [0.25, 0.3) is 5.75 Å². The lowest BCUT2D eigenvalue weighted by Crippen LogP contribution is -2.23. The summed E-state index contributed by atoms with van der Waals surface area (Å²) in [6, 6.07) is 13.0. The monoisotopic (exact) mass is 396 g/mol. The Hall–Kier alpha value is -3.61. The minimum atomic E-state index is -0.948. The Kier molecular flexibility index (Phi) is 5.41. The lowest BCUT2D eigenvalue weighted by atomic mass is 10.1. The van der Waals surface area contributed by atoms with Crippen molar-refractivity contribution in [2.75, 3.05) is 0 Å². The molecule has 0 aliphatic rings. The van der Waals surface area contributed by atoms with Gasteiger partial charge in [-0.1, -0.05) is 24.3 Å². The zero-order chi connectivity index (χ0) is 21.2. The molecule has 0 radical (unpaired) electrons. The summed E-state index contributed by atoms with van der Waals surface area (Å²) < 4.78 is 21.8. The third-order valence-electron chi connectivity index (χ3n) is 3.68. The Bertz CT molecular complexity index is 1120. The first kappa shape index (κ1) is 20.1. The summed E-state index contributed by atoms with van der Waals surface area (Å²) in [5.41, 5.74) is -1.15. The number of carbonyl (C=O) groups excluding carboxylic acids is 2. The summed E-state index contributed by atoms with van der Waals surface area (Å²) in [4.78, 5) is 36.6. The number of rotatable bonds is 4. The molecule has 0 spiro atoms. The van der Waals surface area contributed by atoms with Crippen LogP contribution < -0.4 is 19.8 Å². The highest BCUT2D eigenvalue weighted by Crippen LogP contribution is 2.40. The van der Waals surface area contributed by atoms with Crippen LogP contribution >= 0.6 is 0 Å². The summed E-state index contributed by atoms with van der Waals surface area (Å²) >= 11 is 0. The number of carbonyl (C=O) groups is 2. The van der Waals surface area contributed by atoms with Gasteiger partial charge in [0.15, 0.2) is 5.75 Å². The molecular formula is C22H20O7. The van der Waals surface area contributed by atoms with Gasteiger partial charge in [0.1, 0.15) is 22.3 Å². The van der Waals surface area contributed by atoms with Crippen molar-refractivity contribution >= 4 is 22.9 Å². The normalized spacial score (nSPS) is 11.2. The fraction of sp³-hybridized carbons (Fsp3) is 0.227. The van der Waals surface area contributed by atoms with E-state index in [0.29, 0.717) is 5.75 Å². The number of hydrogen-bond donors (Lipinski definition) is 0. The van der Waals surface area contributed by atoms with E-state index >= 15 is 0 Å². The Balaban J connectivity index is 2.25. The second-order valence-electron chi connectivity index (χ2n) is 7.24. The maximum atomic E-state index is 12.7. The zero-order valence-electron chi connectivity index (χ0n) is 16.5. The van der Waals surface area contributed by atoms with E-state index in [2.05, 4.69) is 0 Å². The van der Waals surface area contributed by atoms with Crippen LogP contribution in [-0.2, 0) is 4.79 Å². The van der Waals surface area contributed by atoms with Crippen LogP contribution in [0.15, 0.2) is 57.7 Å². The van der Waals surface area contributed by atoms with Crippen LogP contribution in [0.2, 0.25) is 0 Å². The van der Waals surface area contributed by atoms with Crippen molar-refractivity contribution in [3.05, 3.63) is 64.5 Å². The highest BCUT2D eigenvalue weighted by atomic mass is 16.6. The molecule has 0 aliphatic heterocycles. The van der Waals surface area contributed by atoms with Crippen molar-refractivity contribution in [2.45, 2.75) is 33.3 Å². The van der Waals surface area contributed by atoms with Crippen LogP contribution in [0.25, 0.3) is 11.0 Å². The van der Waals surface area contributed by atoms with Gasteiger partial charge in [-0.3, -0.25) is 4.79 Å². The van der Waals surface area contributed by atoms with Crippen molar-refractivity contribution in [2.24, 2.45) is 0 Å². The van der Waals surface area contributed by atoms with Gasteiger partial charge in [-0.2, -0.15) is 0 Å². The summed E-state index contributed by atoms with van der Waals surface area (Å²) in [5, 5.41) is 0.211. The standard InChI is InChI=1S/C22H20O7/c1-13(23)26-19-18(28-20(24)14-9-6-5-7-10-14)17-15(27-21(19)25)11-8-12-16(17)29-22(2,3)4/h5-12H,1-4H3. The quantitative estimate of drug-likeness (QED) is 0.484. The molecule has 0 saturated carbocycles. The second-order valence-corrected chi connectivity index (χ2v) is 7.24. The highest BCUT2D eigenvalue weighted by molar-refractivity contribution is 5.98. The number of esters is 2. The number of ether oxygens (including phenoxy) is 3.